The number of aryl methyl sites for hydroxylation is 3. The maximum Gasteiger partial charge on any atom is 4.00 e. The van der Waals surface area contributed by atoms with Crippen molar-refractivity contribution in [1.82, 2.24) is 0 Å². The Morgan fingerprint density at radius 2 is 0.506 bits per heavy atom. The topological polar surface area (TPSA) is 0 Å². The quantitative estimate of drug-likeness (QED) is 0.0683. The standard InChI is InChI=1S/C72H69Si.3ClH.Ti/c1-50-38-63(41-57-26-14-8-15-27-57)66(44-60-32-20-11-21-33-60)47-69(50)73(72-55(6)53(4)54(5)56(72)7,70-48-67(45-61-34-22-12-23-35-61)64(39-51(70)2)42-58-28-16-9-17-29-58)71-49-68(46-62-36-24-13-25-37-62)65(40-52(71)3)43-59-30-18-10-19-31-59;;;;/h8-40,47-49H,41-46H2,1-7H3;3*1H;/q-1;;;;+4/p-3. The Morgan fingerprint density at radius 1 is 0.299 bits per heavy atom. The van der Waals surface area contributed by atoms with E-state index in [-0.39, 0.29) is 58.9 Å². The van der Waals surface area contributed by atoms with Gasteiger partial charge in [0.1, 0.15) is 0 Å². The van der Waals surface area contributed by atoms with Crippen LogP contribution in [0.4, 0.5) is 0 Å². The molecule has 0 nitrogen and oxygen atoms in total. The van der Waals surface area contributed by atoms with E-state index < -0.39 is 8.07 Å². The molecule has 386 valence electrons. The van der Waals surface area contributed by atoms with E-state index in [1.54, 1.807) is 5.19 Å². The summed E-state index contributed by atoms with van der Waals surface area (Å²) in [6.07, 6.45) is 5.23. The molecule has 77 heavy (non-hydrogen) atoms. The zero-order valence-corrected chi connectivity index (χ0v) is 50.5. The van der Waals surface area contributed by atoms with Gasteiger partial charge in [-0.2, -0.15) is 27.4 Å². The third-order valence-electron chi connectivity index (χ3n) is 16.1. The van der Waals surface area contributed by atoms with Crippen LogP contribution in [0.5, 0.6) is 0 Å². The molecular weight excluding hydrogens is 1050 g/mol. The molecule has 0 heterocycles. The van der Waals surface area contributed by atoms with Gasteiger partial charge >= 0.3 is 21.7 Å². The Morgan fingerprint density at radius 3 is 0.701 bits per heavy atom. The second-order valence-corrected chi connectivity index (χ2v) is 24.5. The van der Waals surface area contributed by atoms with Gasteiger partial charge in [0.05, 0.1) is 0 Å². The van der Waals surface area contributed by atoms with Gasteiger partial charge in [0.2, 0.25) is 0 Å². The Kier molecular flexibility index (Phi) is 21.3. The molecular formula is C72H69Cl3SiTi. The summed E-state index contributed by atoms with van der Waals surface area (Å²) in [5, 5.41) is 6.06. The van der Waals surface area contributed by atoms with Crippen LogP contribution in [0.1, 0.15) is 106 Å². The summed E-state index contributed by atoms with van der Waals surface area (Å²) in [6.45, 7) is 17.0. The van der Waals surface area contributed by atoms with E-state index in [0.717, 1.165) is 38.5 Å². The second-order valence-electron chi connectivity index (χ2n) is 20.9. The molecule has 0 N–H and O–H groups in total. The molecule has 0 aromatic heterocycles. The molecule has 0 aliphatic heterocycles. The fourth-order valence-corrected chi connectivity index (χ4v) is 18.5. The fraction of sp³-hybridized carbons (Fsp3) is 0.181. The van der Waals surface area contributed by atoms with Crippen LogP contribution < -0.4 is 58.0 Å². The van der Waals surface area contributed by atoms with E-state index in [9.17, 15) is 0 Å². The summed E-state index contributed by atoms with van der Waals surface area (Å²) < 4.78 is 0. The van der Waals surface area contributed by atoms with Crippen LogP contribution in [0.25, 0.3) is 0 Å². The van der Waals surface area contributed by atoms with Gasteiger partial charge in [0.15, 0.2) is 8.07 Å². The van der Waals surface area contributed by atoms with Crippen LogP contribution in [0.2, 0.25) is 0 Å². The van der Waals surface area contributed by atoms with Crippen molar-refractivity contribution < 1.29 is 58.9 Å². The summed E-state index contributed by atoms with van der Waals surface area (Å²) in [5.41, 5.74) is 26.3. The van der Waals surface area contributed by atoms with Crippen LogP contribution in [0, 0.1) is 48.5 Å². The number of rotatable bonds is 16. The van der Waals surface area contributed by atoms with Crippen LogP contribution in [0.3, 0.4) is 0 Å². The molecule has 0 aliphatic carbocycles. The van der Waals surface area contributed by atoms with Crippen LogP contribution in [-0.4, -0.2) is 8.07 Å². The Hall–Kier alpha value is -5.87. The smallest absolute Gasteiger partial charge is 1.00 e. The number of hydrogen-bond acceptors (Lipinski definition) is 0. The Balaban J connectivity index is 0.00000240. The summed E-state index contributed by atoms with van der Waals surface area (Å²) in [5.74, 6) is 0. The summed E-state index contributed by atoms with van der Waals surface area (Å²) in [7, 11) is -3.32. The van der Waals surface area contributed by atoms with Crippen molar-refractivity contribution >= 4 is 28.8 Å². The first kappa shape index (κ1) is 60.4. The van der Waals surface area contributed by atoms with Gasteiger partial charge in [-0.15, -0.1) is 0 Å². The summed E-state index contributed by atoms with van der Waals surface area (Å²) in [6, 6.07) is 82.8. The van der Waals surface area contributed by atoms with Gasteiger partial charge in [0, 0.05) is 0 Å². The number of benzene rings is 9. The van der Waals surface area contributed by atoms with Crippen molar-refractivity contribution in [3.8, 4) is 0 Å². The monoisotopic (exact) mass is 1110 g/mol. The molecule has 10 rings (SSSR count). The zero-order valence-electron chi connectivity index (χ0n) is 45.7. The first-order chi connectivity index (χ1) is 35.6. The molecule has 0 bridgehead atoms. The number of halogens is 3. The minimum Gasteiger partial charge on any atom is -1.00 e. The SMILES string of the molecule is Cc1cc(Cc2ccccc2)c(Cc2ccccc2)cc1[Si](c1cc(Cc2ccccc2)c(Cc2ccccc2)cc1C)(c1cc(Cc2ccccc2)c(Cc2ccccc2)cc1C)c1c(C)c(C)c(C)[c-]1C.[Cl-].[Cl-].[Cl-].[Ti+4]. The molecule has 0 amide bonds. The molecule has 0 aliphatic rings. The molecule has 10 aromatic rings. The van der Waals surface area contributed by atoms with Crippen molar-refractivity contribution in [3.63, 3.8) is 0 Å². The van der Waals surface area contributed by atoms with E-state index >= 15 is 0 Å². The van der Waals surface area contributed by atoms with E-state index in [1.165, 1.54) is 121 Å². The van der Waals surface area contributed by atoms with Crippen molar-refractivity contribution in [2.45, 2.75) is 87.0 Å². The molecule has 0 fully saturated rings. The predicted octanol–water partition coefficient (Wildman–Crippen LogP) is 5.50. The van der Waals surface area contributed by atoms with Gasteiger partial charge in [0.25, 0.3) is 0 Å². The van der Waals surface area contributed by atoms with Gasteiger partial charge in [-0.3, -0.25) is 0 Å². The minimum atomic E-state index is -3.32. The molecule has 0 saturated carbocycles. The average Bonchev–Trinajstić information content (AvgIpc) is 3.67. The van der Waals surface area contributed by atoms with Gasteiger partial charge in [-0.05, 0) is 142 Å². The molecule has 0 spiro atoms. The fourth-order valence-electron chi connectivity index (χ4n) is 12.2. The molecule has 5 heteroatoms. The molecule has 0 atom stereocenters. The molecule has 10 aromatic carbocycles. The van der Waals surface area contributed by atoms with Crippen LogP contribution in [-0.2, 0) is 60.2 Å². The Labute approximate surface area is 495 Å². The van der Waals surface area contributed by atoms with Crippen LogP contribution >= 0.6 is 0 Å². The van der Waals surface area contributed by atoms with Gasteiger partial charge in [-0.25, -0.2) is 0 Å². The van der Waals surface area contributed by atoms with Crippen molar-refractivity contribution in [1.29, 1.82) is 0 Å². The predicted molar refractivity (Wildman–Crippen MR) is 314 cm³/mol. The maximum atomic E-state index is 2.73. The van der Waals surface area contributed by atoms with E-state index in [4.69, 9.17) is 0 Å². The van der Waals surface area contributed by atoms with Crippen molar-refractivity contribution in [2.24, 2.45) is 0 Å². The summed E-state index contributed by atoms with van der Waals surface area (Å²) >= 11 is 0. The first-order valence-electron chi connectivity index (χ1n) is 26.4. The maximum absolute atomic E-state index is 3.32. The second kappa shape index (κ2) is 27.1. The van der Waals surface area contributed by atoms with Gasteiger partial charge in [-0.1, -0.05) is 263 Å². The van der Waals surface area contributed by atoms with E-state index in [1.807, 2.05) is 0 Å². The first-order valence-corrected chi connectivity index (χ1v) is 28.4. The molecule has 0 unspecified atom stereocenters. The Bertz CT molecular complexity index is 3150. The third kappa shape index (κ3) is 13.0. The average molecular weight is 1120 g/mol. The van der Waals surface area contributed by atoms with Crippen molar-refractivity contribution in [3.05, 3.63) is 324 Å². The summed E-state index contributed by atoms with van der Waals surface area (Å²) in [4.78, 5) is 0. The largest absolute Gasteiger partial charge is 4.00 e. The van der Waals surface area contributed by atoms with E-state index in [2.05, 4.69) is 267 Å². The van der Waals surface area contributed by atoms with Crippen molar-refractivity contribution in [2.75, 3.05) is 0 Å². The third-order valence-corrected chi connectivity index (χ3v) is 21.6. The molecule has 0 radical (unpaired) electrons. The minimum absolute atomic E-state index is 0. The van der Waals surface area contributed by atoms with E-state index in [0.29, 0.717) is 0 Å². The number of hydrogen-bond donors (Lipinski definition) is 0. The van der Waals surface area contributed by atoms with Gasteiger partial charge < -0.3 is 37.2 Å². The normalized spacial score (nSPS) is 10.9. The zero-order chi connectivity index (χ0) is 50.5. The molecule has 0 saturated heterocycles. The van der Waals surface area contributed by atoms with Crippen LogP contribution in [0.15, 0.2) is 218 Å².